The van der Waals surface area contributed by atoms with Crippen molar-refractivity contribution in [2.75, 3.05) is 6.61 Å². The van der Waals surface area contributed by atoms with Crippen LogP contribution in [-0.4, -0.2) is 62.7 Å². The minimum Gasteiger partial charge on any atom is -0.462 e. The summed E-state index contributed by atoms with van der Waals surface area (Å²) >= 11 is 0. The summed E-state index contributed by atoms with van der Waals surface area (Å²) in [5, 5.41) is 48.0. The molecular formula is C19H20N2O6. The molecule has 0 amide bonds. The number of nitrogens with zero attached hydrogens (tertiary/aromatic N) is 2. The van der Waals surface area contributed by atoms with Crippen LogP contribution in [0.25, 0.3) is 11.1 Å². The first kappa shape index (κ1) is 19.2. The van der Waals surface area contributed by atoms with Crippen molar-refractivity contribution >= 4 is 0 Å². The normalized spacial score (nSPS) is 27.8. The smallest absolute Gasteiger partial charge is 0.229 e. The van der Waals surface area contributed by atoms with Crippen LogP contribution in [0.15, 0.2) is 36.7 Å². The second kappa shape index (κ2) is 8.00. The molecule has 1 aromatic heterocycles. The molecule has 1 fully saturated rings. The second-order valence-electron chi connectivity index (χ2n) is 6.37. The minimum atomic E-state index is -1.50. The van der Waals surface area contributed by atoms with Gasteiger partial charge in [-0.15, -0.1) is 0 Å². The number of nitriles is 1. The largest absolute Gasteiger partial charge is 0.462 e. The van der Waals surface area contributed by atoms with Gasteiger partial charge >= 0.3 is 0 Å². The molecule has 2 heterocycles. The fourth-order valence-electron chi connectivity index (χ4n) is 2.91. The second-order valence-corrected chi connectivity index (χ2v) is 6.37. The average Bonchev–Trinajstić information content (AvgIpc) is 2.69. The van der Waals surface area contributed by atoms with E-state index in [1.807, 2.05) is 12.1 Å². The van der Waals surface area contributed by atoms with Crippen molar-refractivity contribution in [3.8, 4) is 22.9 Å². The minimum absolute atomic E-state index is 0.410. The molecule has 1 aromatic carbocycles. The molecule has 2 aromatic rings. The molecule has 0 bridgehead atoms. The Morgan fingerprint density at radius 3 is 2.56 bits per heavy atom. The Kier molecular flexibility index (Phi) is 5.70. The van der Waals surface area contributed by atoms with E-state index in [0.29, 0.717) is 11.3 Å². The van der Waals surface area contributed by atoms with Gasteiger partial charge < -0.3 is 29.9 Å². The molecule has 5 atom stereocenters. The summed E-state index contributed by atoms with van der Waals surface area (Å²) in [4.78, 5) is 4.04. The van der Waals surface area contributed by atoms with Crippen molar-refractivity contribution in [2.24, 2.45) is 0 Å². The first-order valence-corrected chi connectivity index (χ1v) is 8.38. The highest BCUT2D eigenvalue weighted by atomic mass is 16.7. The summed E-state index contributed by atoms with van der Waals surface area (Å²) in [7, 11) is 0. The van der Waals surface area contributed by atoms with Crippen LogP contribution in [0.5, 0.6) is 5.75 Å². The van der Waals surface area contributed by atoms with Gasteiger partial charge in [0.25, 0.3) is 0 Å². The Balaban J connectivity index is 1.81. The van der Waals surface area contributed by atoms with Crippen molar-refractivity contribution in [3.63, 3.8) is 0 Å². The summed E-state index contributed by atoms with van der Waals surface area (Å²) in [5.41, 5.74) is 2.79. The SMILES string of the molecule is Cc1cc(-c2cncc(C#N)c2)ccc1O[C@H]1O[C@H](CO)[C@@H](O)[C@H](O)[C@@H]1O. The van der Waals surface area contributed by atoms with E-state index in [1.54, 1.807) is 31.3 Å². The molecule has 0 aliphatic carbocycles. The molecule has 0 saturated carbocycles. The van der Waals surface area contributed by atoms with Crippen molar-refractivity contribution in [3.05, 3.63) is 47.8 Å². The number of aliphatic hydroxyl groups is 4. The Hall–Kier alpha value is -2.54. The van der Waals surface area contributed by atoms with E-state index in [1.165, 1.54) is 6.20 Å². The van der Waals surface area contributed by atoms with Crippen LogP contribution in [0.2, 0.25) is 0 Å². The lowest BCUT2D eigenvalue weighted by Gasteiger charge is -2.39. The summed E-state index contributed by atoms with van der Waals surface area (Å²) in [6.07, 6.45) is -3.56. The summed E-state index contributed by atoms with van der Waals surface area (Å²) in [5.74, 6) is 0.410. The first-order valence-electron chi connectivity index (χ1n) is 8.38. The van der Waals surface area contributed by atoms with Gasteiger partial charge in [-0.2, -0.15) is 5.26 Å². The van der Waals surface area contributed by atoms with Crippen LogP contribution in [-0.2, 0) is 4.74 Å². The standard InChI is InChI=1S/C19H20N2O6/c1-10-4-12(13-5-11(6-20)7-21-8-13)2-3-14(10)26-19-18(25)17(24)16(23)15(9-22)27-19/h2-5,7-8,15-19,22-25H,9H2,1H3/t15-,16-,17+,18+,19+/m1/s1. The van der Waals surface area contributed by atoms with Crippen molar-refractivity contribution in [1.82, 2.24) is 4.98 Å². The maximum Gasteiger partial charge on any atom is 0.229 e. The maximum absolute atomic E-state index is 10.1. The zero-order chi connectivity index (χ0) is 19.6. The Bertz CT molecular complexity index is 850. The molecule has 0 unspecified atom stereocenters. The Labute approximate surface area is 155 Å². The number of benzene rings is 1. The lowest BCUT2D eigenvalue weighted by Crippen LogP contribution is -2.60. The Morgan fingerprint density at radius 2 is 1.89 bits per heavy atom. The number of rotatable bonds is 4. The zero-order valence-electron chi connectivity index (χ0n) is 14.6. The van der Waals surface area contributed by atoms with Gasteiger partial charge in [0, 0.05) is 18.0 Å². The van der Waals surface area contributed by atoms with Gasteiger partial charge in [0.15, 0.2) is 0 Å². The van der Waals surface area contributed by atoms with Crippen LogP contribution in [0.3, 0.4) is 0 Å². The molecule has 1 aliphatic rings. The van der Waals surface area contributed by atoms with Crippen LogP contribution in [0, 0.1) is 18.3 Å². The van der Waals surface area contributed by atoms with Gasteiger partial charge in [-0.05, 0) is 36.2 Å². The van der Waals surface area contributed by atoms with Gasteiger partial charge in [-0.25, -0.2) is 0 Å². The number of ether oxygens (including phenoxy) is 2. The van der Waals surface area contributed by atoms with E-state index in [0.717, 1.165) is 16.7 Å². The molecular weight excluding hydrogens is 352 g/mol. The highest BCUT2D eigenvalue weighted by Gasteiger charge is 2.44. The van der Waals surface area contributed by atoms with Crippen LogP contribution in [0.1, 0.15) is 11.1 Å². The van der Waals surface area contributed by atoms with Gasteiger partial charge in [0.1, 0.15) is 36.2 Å². The van der Waals surface area contributed by atoms with Gasteiger partial charge in [-0.1, -0.05) is 6.07 Å². The number of hydrogen-bond acceptors (Lipinski definition) is 8. The quantitative estimate of drug-likeness (QED) is 0.594. The topological polar surface area (TPSA) is 136 Å². The van der Waals surface area contributed by atoms with Gasteiger partial charge in [0.2, 0.25) is 6.29 Å². The van der Waals surface area contributed by atoms with E-state index in [-0.39, 0.29) is 0 Å². The molecule has 0 radical (unpaired) electrons. The molecule has 0 spiro atoms. The lowest BCUT2D eigenvalue weighted by molar-refractivity contribution is -0.277. The van der Waals surface area contributed by atoms with E-state index in [2.05, 4.69) is 4.98 Å². The number of aryl methyl sites for hydroxylation is 1. The van der Waals surface area contributed by atoms with Crippen molar-refractivity contribution in [2.45, 2.75) is 37.6 Å². The molecule has 4 N–H and O–H groups in total. The molecule has 1 saturated heterocycles. The highest BCUT2D eigenvalue weighted by Crippen LogP contribution is 2.29. The Morgan fingerprint density at radius 1 is 1.11 bits per heavy atom. The highest BCUT2D eigenvalue weighted by molar-refractivity contribution is 5.66. The summed E-state index contributed by atoms with van der Waals surface area (Å²) < 4.78 is 11.0. The molecule has 142 valence electrons. The predicted octanol–water partition coefficient (Wildman–Crippen LogP) is 0.107. The van der Waals surface area contributed by atoms with Crippen LogP contribution >= 0.6 is 0 Å². The monoisotopic (exact) mass is 372 g/mol. The molecule has 1 aliphatic heterocycles. The van der Waals surface area contributed by atoms with E-state index in [4.69, 9.17) is 14.7 Å². The summed E-state index contributed by atoms with van der Waals surface area (Å²) in [6.45, 7) is 1.27. The van der Waals surface area contributed by atoms with Crippen molar-refractivity contribution < 1.29 is 29.9 Å². The van der Waals surface area contributed by atoms with Gasteiger partial charge in [0.05, 0.1) is 12.2 Å². The third-order valence-corrected chi connectivity index (χ3v) is 4.47. The van der Waals surface area contributed by atoms with E-state index in [9.17, 15) is 20.4 Å². The van der Waals surface area contributed by atoms with Crippen molar-refractivity contribution in [1.29, 1.82) is 5.26 Å². The number of hydrogen-bond donors (Lipinski definition) is 4. The lowest BCUT2D eigenvalue weighted by atomic mass is 9.99. The fourth-order valence-corrected chi connectivity index (χ4v) is 2.91. The fraction of sp³-hybridized carbons (Fsp3) is 0.368. The average molecular weight is 372 g/mol. The predicted molar refractivity (Wildman–Crippen MR) is 93.5 cm³/mol. The van der Waals surface area contributed by atoms with Crippen LogP contribution < -0.4 is 4.74 Å². The third kappa shape index (κ3) is 3.93. The molecule has 3 rings (SSSR count). The molecule has 8 nitrogen and oxygen atoms in total. The zero-order valence-corrected chi connectivity index (χ0v) is 14.6. The number of aliphatic hydroxyl groups excluding tert-OH is 4. The maximum atomic E-state index is 10.1. The van der Waals surface area contributed by atoms with E-state index < -0.39 is 37.3 Å². The first-order chi connectivity index (χ1) is 12.9. The number of pyridine rings is 1. The summed E-state index contributed by atoms with van der Waals surface area (Å²) in [6, 6.07) is 9.04. The van der Waals surface area contributed by atoms with Gasteiger partial charge in [-0.3, -0.25) is 4.98 Å². The third-order valence-electron chi connectivity index (χ3n) is 4.47. The van der Waals surface area contributed by atoms with E-state index >= 15 is 0 Å². The van der Waals surface area contributed by atoms with Crippen LogP contribution in [0.4, 0.5) is 0 Å². The molecule has 27 heavy (non-hydrogen) atoms. The number of aromatic nitrogens is 1. The molecule has 8 heteroatoms.